The van der Waals surface area contributed by atoms with Gasteiger partial charge in [-0.25, -0.2) is 4.98 Å². The maximum atomic E-state index is 12.3. The molecule has 5 heteroatoms. The Morgan fingerprint density at radius 3 is 2.41 bits per heavy atom. The second kappa shape index (κ2) is 10.9. The van der Waals surface area contributed by atoms with Gasteiger partial charge >= 0.3 is 0 Å². The summed E-state index contributed by atoms with van der Waals surface area (Å²) in [5.74, 6) is 1.01. The van der Waals surface area contributed by atoms with Gasteiger partial charge in [-0.1, -0.05) is 60.0 Å². The molecule has 1 N–H and O–H groups in total. The molecule has 0 bridgehead atoms. The van der Waals surface area contributed by atoms with Gasteiger partial charge in [0.05, 0.1) is 21.6 Å². The van der Waals surface area contributed by atoms with Gasteiger partial charge in [-0.2, -0.15) is 0 Å². The van der Waals surface area contributed by atoms with Gasteiger partial charge in [0, 0.05) is 19.5 Å². The number of carbonyl (C=O) groups excluding carboxylic acids is 1. The van der Waals surface area contributed by atoms with Gasteiger partial charge in [0.15, 0.2) is 0 Å². The van der Waals surface area contributed by atoms with E-state index >= 15 is 0 Å². The molecule has 4 aromatic rings. The molecule has 4 rings (SSSR count). The van der Waals surface area contributed by atoms with Crippen LogP contribution < -0.4 is 5.32 Å². The smallest absolute Gasteiger partial charge is 0.252 e. The fraction of sp³-hybridized carbons (Fsp3) is 0.310. The van der Waals surface area contributed by atoms with Crippen LogP contribution in [0, 0.1) is 20.8 Å². The number of hydrogen-bond donors (Lipinski definition) is 1. The van der Waals surface area contributed by atoms with Crippen molar-refractivity contribution < 1.29 is 4.79 Å². The number of halogens is 1. The Morgan fingerprint density at radius 2 is 1.65 bits per heavy atom. The molecular weight excluding hydrogens is 442 g/mol. The molecule has 34 heavy (non-hydrogen) atoms. The number of imidazole rings is 1. The number of unbranched alkanes of at least 4 members (excludes halogenated alkanes) is 2. The van der Waals surface area contributed by atoms with E-state index in [9.17, 15) is 4.79 Å². The number of nitrogens with one attached hydrogen (secondary N) is 1. The SMILES string of the molecule is Cc1cc(C)c(Cn2c(CCCCCNC(=O)c3ccccc3Cl)nc3ccccc32)c(C)c1. The Bertz CT molecular complexity index is 1280. The second-order valence-corrected chi connectivity index (χ2v) is 9.43. The van der Waals surface area contributed by atoms with Crippen LogP contribution in [0.15, 0.2) is 60.7 Å². The third kappa shape index (κ3) is 5.51. The molecule has 0 aliphatic heterocycles. The average Bonchev–Trinajstić information content (AvgIpc) is 3.15. The molecule has 3 aromatic carbocycles. The summed E-state index contributed by atoms with van der Waals surface area (Å²) < 4.78 is 2.37. The molecule has 0 aliphatic rings. The zero-order valence-electron chi connectivity index (χ0n) is 20.2. The fourth-order valence-electron chi connectivity index (χ4n) is 4.64. The highest BCUT2D eigenvalue weighted by Crippen LogP contribution is 2.23. The topological polar surface area (TPSA) is 46.9 Å². The van der Waals surface area contributed by atoms with Gasteiger partial charge < -0.3 is 9.88 Å². The van der Waals surface area contributed by atoms with E-state index in [1.54, 1.807) is 12.1 Å². The molecule has 0 radical (unpaired) electrons. The predicted molar refractivity (Wildman–Crippen MR) is 141 cm³/mol. The first-order valence-corrected chi connectivity index (χ1v) is 12.4. The van der Waals surface area contributed by atoms with Crippen molar-refractivity contribution in [2.45, 2.75) is 53.0 Å². The van der Waals surface area contributed by atoms with Crippen molar-refractivity contribution in [1.82, 2.24) is 14.9 Å². The largest absolute Gasteiger partial charge is 0.352 e. The van der Waals surface area contributed by atoms with Gasteiger partial charge in [-0.3, -0.25) is 4.79 Å². The molecule has 0 saturated heterocycles. The van der Waals surface area contributed by atoms with E-state index in [0.717, 1.165) is 43.6 Å². The van der Waals surface area contributed by atoms with E-state index in [4.69, 9.17) is 16.6 Å². The summed E-state index contributed by atoms with van der Waals surface area (Å²) in [6.45, 7) is 8.03. The summed E-state index contributed by atoms with van der Waals surface area (Å²) in [7, 11) is 0. The van der Waals surface area contributed by atoms with E-state index in [1.165, 1.54) is 27.8 Å². The third-order valence-electron chi connectivity index (χ3n) is 6.37. The highest BCUT2D eigenvalue weighted by molar-refractivity contribution is 6.33. The van der Waals surface area contributed by atoms with Gasteiger partial charge in [0.25, 0.3) is 5.91 Å². The number of aryl methyl sites for hydroxylation is 4. The van der Waals surface area contributed by atoms with Gasteiger partial charge in [-0.15, -0.1) is 0 Å². The van der Waals surface area contributed by atoms with Gasteiger partial charge in [0.2, 0.25) is 0 Å². The number of carbonyl (C=O) groups is 1. The third-order valence-corrected chi connectivity index (χ3v) is 6.70. The molecule has 0 unspecified atom stereocenters. The Kier molecular flexibility index (Phi) is 7.69. The average molecular weight is 474 g/mol. The minimum absolute atomic E-state index is 0.115. The maximum Gasteiger partial charge on any atom is 0.252 e. The predicted octanol–water partition coefficient (Wildman–Crippen LogP) is 6.81. The number of amides is 1. The Morgan fingerprint density at radius 1 is 0.941 bits per heavy atom. The van der Waals surface area contributed by atoms with Crippen molar-refractivity contribution in [2.24, 2.45) is 0 Å². The maximum absolute atomic E-state index is 12.3. The van der Waals surface area contributed by atoms with Crippen LogP contribution in [0.1, 0.15) is 57.7 Å². The van der Waals surface area contributed by atoms with E-state index in [2.05, 4.69) is 61.0 Å². The van der Waals surface area contributed by atoms with Crippen LogP contribution in [-0.4, -0.2) is 22.0 Å². The van der Waals surface area contributed by atoms with Crippen LogP contribution in [0.2, 0.25) is 5.02 Å². The van der Waals surface area contributed by atoms with Crippen LogP contribution in [-0.2, 0) is 13.0 Å². The normalized spacial score (nSPS) is 11.2. The number of rotatable bonds is 9. The molecule has 4 nitrogen and oxygen atoms in total. The van der Waals surface area contributed by atoms with E-state index in [-0.39, 0.29) is 5.91 Å². The van der Waals surface area contributed by atoms with Crippen molar-refractivity contribution in [2.75, 3.05) is 6.54 Å². The lowest BCUT2D eigenvalue weighted by Crippen LogP contribution is -2.24. The molecule has 176 valence electrons. The van der Waals surface area contributed by atoms with Crippen LogP contribution >= 0.6 is 11.6 Å². The summed E-state index contributed by atoms with van der Waals surface area (Å²) in [5.41, 5.74) is 8.09. The van der Waals surface area contributed by atoms with Crippen LogP contribution in [0.25, 0.3) is 11.0 Å². The molecule has 0 aliphatic carbocycles. The highest BCUT2D eigenvalue weighted by Gasteiger charge is 2.14. The lowest BCUT2D eigenvalue weighted by atomic mass is 9.99. The number of nitrogens with zero attached hydrogens (tertiary/aromatic N) is 2. The zero-order chi connectivity index (χ0) is 24.1. The Labute approximate surface area is 207 Å². The number of benzene rings is 3. The minimum Gasteiger partial charge on any atom is -0.352 e. The van der Waals surface area contributed by atoms with E-state index in [1.807, 2.05) is 18.2 Å². The van der Waals surface area contributed by atoms with Crippen molar-refractivity contribution in [3.8, 4) is 0 Å². The molecular formula is C29H32ClN3O. The van der Waals surface area contributed by atoms with E-state index < -0.39 is 0 Å². The van der Waals surface area contributed by atoms with Crippen LogP contribution in [0.4, 0.5) is 0 Å². The van der Waals surface area contributed by atoms with E-state index in [0.29, 0.717) is 17.1 Å². The summed E-state index contributed by atoms with van der Waals surface area (Å²) in [4.78, 5) is 17.3. The standard InChI is InChI=1S/C29H32ClN3O/c1-20-17-21(2)24(22(3)18-20)19-33-27-14-9-8-13-26(27)32-28(33)15-5-4-10-16-31-29(34)23-11-6-7-12-25(23)30/h6-9,11-14,17-18H,4-5,10,15-16,19H2,1-3H3,(H,31,34). The summed E-state index contributed by atoms with van der Waals surface area (Å²) in [6, 6.07) is 20.1. The Hall–Kier alpha value is -3.11. The lowest BCUT2D eigenvalue weighted by molar-refractivity contribution is 0.0953. The summed E-state index contributed by atoms with van der Waals surface area (Å²) in [6.07, 6.45) is 3.88. The fourth-order valence-corrected chi connectivity index (χ4v) is 4.86. The van der Waals surface area contributed by atoms with Crippen molar-refractivity contribution in [1.29, 1.82) is 0 Å². The quantitative estimate of drug-likeness (QED) is 0.271. The van der Waals surface area contributed by atoms with Crippen LogP contribution in [0.5, 0.6) is 0 Å². The molecule has 1 heterocycles. The molecule has 0 fully saturated rings. The second-order valence-electron chi connectivity index (χ2n) is 9.03. The lowest BCUT2D eigenvalue weighted by Gasteiger charge is -2.15. The first kappa shape index (κ1) is 24.0. The van der Waals surface area contributed by atoms with Crippen LogP contribution in [0.3, 0.4) is 0 Å². The number of aromatic nitrogens is 2. The summed E-state index contributed by atoms with van der Waals surface area (Å²) >= 11 is 6.11. The van der Waals surface area contributed by atoms with Gasteiger partial charge in [-0.05, 0) is 74.6 Å². The molecule has 0 spiro atoms. The zero-order valence-corrected chi connectivity index (χ0v) is 21.0. The molecule has 0 atom stereocenters. The highest BCUT2D eigenvalue weighted by atomic mass is 35.5. The Balaban J connectivity index is 1.38. The number of para-hydroxylation sites is 2. The first-order valence-electron chi connectivity index (χ1n) is 12.0. The number of fused-ring (bicyclic) bond motifs is 1. The van der Waals surface area contributed by atoms with Crippen molar-refractivity contribution in [3.63, 3.8) is 0 Å². The molecule has 0 saturated carbocycles. The first-order chi connectivity index (χ1) is 16.4. The van der Waals surface area contributed by atoms with Crippen molar-refractivity contribution >= 4 is 28.5 Å². The monoisotopic (exact) mass is 473 g/mol. The van der Waals surface area contributed by atoms with Gasteiger partial charge in [0.1, 0.15) is 5.82 Å². The summed E-state index contributed by atoms with van der Waals surface area (Å²) in [5, 5.41) is 3.46. The minimum atomic E-state index is -0.115. The number of hydrogen-bond acceptors (Lipinski definition) is 2. The van der Waals surface area contributed by atoms with Crippen molar-refractivity contribution in [3.05, 3.63) is 99.3 Å². The molecule has 1 amide bonds. The molecule has 1 aromatic heterocycles.